The van der Waals surface area contributed by atoms with E-state index in [2.05, 4.69) is 24.1 Å². The van der Waals surface area contributed by atoms with Crippen molar-refractivity contribution >= 4 is 11.6 Å². The van der Waals surface area contributed by atoms with Gasteiger partial charge in [0.15, 0.2) is 0 Å². The van der Waals surface area contributed by atoms with Gasteiger partial charge in [0.25, 0.3) is 0 Å². The Kier molecular flexibility index (Phi) is 4.43. The second-order valence-corrected chi connectivity index (χ2v) is 5.67. The van der Waals surface area contributed by atoms with Crippen molar-refractivity contribution in [3.05, 3.63) is 34.9 Å². The Bertz CT molecular complexity index is 344. The Morgan fingerprint density at radius 1 is 1.29 bits per heavy atom. The van der Waals surface area contributed by atoms with E-state index in [4.69, 9.17) is 17.3 Å². The molecule has 0 spiro atoms. The van der Waals surface area contributed by atoms with Crippen LogP contribution in [0.15, 0.2) is 24.3 Å². The van der Waals surface area contributed by atoms with E-state index in [9.17, 15) is 0 Å². The minimum absolute atomic E-state index is 0.463. The third-order valence-corrected chi connectivity index (χ3v) is 3.79. The van der Waals surface area contributed by atoms with Crippen molar-refractivity contribution < 1.29 is 0 Å². The van der Waals surface area contributed by atoms with Crippen LogP contribution in [0, 0.1) is 5.92 Å². The van der Waals surface area contributed by atoms with Crippen LogP contribution in [0.4, 0.5) is 0 Å². The first-order valence-corrected chi connectivity index (χ1v) is 6.70. The van der Waals surface area contributed by atoms with Gasteiger partial charge in [0.2, 0.25) is 0 Å². The van der Waals surface area contributed by atoms with Gasteiger partial charge in [-0.05, 0) is 49.9 Å². The van der Waals surface area contributed by atoms with Crippen LogP contribution in [-0.2, 0) is 6.42 Å². The van der Waals surface area contributed by atoms with Gasteiger partial charge >= 0.3 is 0 Å². The lowest BCUT2D eigenvalue weighted by atomic mass is 9.80. The lowest BCUT2D eigenvalue weighted by Gasteiger charge is -2.35. The highest BCUT2D eigenvalue weighted by molar-refractivity contribution is 6.30. The first kappa shape index (κ1) is 12.9. The quantitative estimate of drug-likeness (QED) is 0.873. The average molecular weight is 253 g/mol. The molecule has 1 aromatic carbocycles. The van der Waals surface area contributed by atoms with Crippen molar-refractivity contribution in [2.75, 3.05) is 20.1 Å². The molecule has 17 heavy (non-hydrogen) atoms. The maximum absolute atomic E-state index is 5.86. The van der Waals surface area contributed by atoms with E-state index < -0.39 is 0 Å². The minimum Gasteiger partial charge on any atom is -0.328 e. The highest BCUT2D eigenvalue weighted by atomic mass is 35.5. The molecule has 1 saturated carbocycles. The zero-order chi connectivity index (χ0) is 12.3. The summed E-state index contributed by atoms with van der Waals surface area (Å²) in [6.45, 7) is 2.29. The van der Waals surface area contributed by atoms with Crippen molar-refractivity contribution in [3.8, 4) is 0 Å². The molecule has 0 atom stereocenters. The molecule has 0 aromatic heterocycles. The Morgan fingerprint density at radius 2 is 1.94 bits per heavy atom. The van der Waals surface area contributed by atoms with Gasteiger partial charge in [-0.15, -0.1) is 0 Å². The molecule has 0 aliphatic heterocycles. The number of rotatable bonds is 5. The average Bonchev–Trinajstić information content (AvgIpc) is 2.26. The summed E-state index contributed by atoms with van der Waals surface area (Å²) >= 11 is 5.86. The van der Waals surface area contributed by atoms with Crippen LogP contribution in [0.3, 0.4) is 0 Å². The van der Waals surface area contributed by atoms with E-state index in [1.807, 2.05) is 12.1 Å². The largest absolute Gasteiger partial charge is 0.328 e. The van der Waals surface area contributed by atoms with Crippen LogP contribution in [0.1, 0.15) is 18.4 Å². The fourth-order valence-electron chi connectivity index (χ4n) is 2.44. The Balaban J connectivity index is 1.68. The summed E-state index contributed by atoms with van der Waals surface area (Å²) in [7, 11) is 2.19. The molecular weight excluding hydrogens is 232 g/mol. The molecule has 0 amide bonds. The third kappa shape index (κ3) is 3.98. The van der Waals surface area contributed by atoms with E-state index in [0.29, 0.717) is 6.04 Å². The molecule has 2 rings (SSSR count). The van der Waals surface area contributed by atoms with E-state index in [1.54, 1.807) is 0 Å². The lowest BCUT2D eigenvalue weighted by Crippen LogP contribution is -2.42. The van der Waals surface area contributed by atoms with Crippen molar-refractivity contribution in [1.29, 1.82) is 0 Å². The zero-order valence-corrected chi connectivity index (χ0v) is 11.2. The summed E-state index contributed by atoms with van der Waals surface area (Å²) in [5, 5.41) is 0.811. The summed E-state index contributed by atoms with van der Waals surface area (Å²) in [5.41, 5.74) is 7.15. The van der Waals surface area contributed by atoms with Crippen LogP contribution < -0.4 is 5.73 Å². The van der Waals surface area contributed by atoms with Crippen LogP contribution in [0.2, 0.25) is 5.02 Å². The molecular formula is C14H21ClN2. The third-order valence-electron chi connectivity index (χ3n) is 3.54. The molecule has 1 aromatic rings. The summed E-state index contributed by atoms with van der Waals surface area (Å²) in [5.74, 6) is 0.820. The number of hydrogen-bond acceptors (Lipinski definition) is 2. The maximum atomic E-state index is 5.86. The molecule has 0 radical (unpaired) electrons. The van der Waals surface area contributed by atoms with Crippen molar-refractivity contribution in [2.24, 2.45) is 11.7 Å². The normalized spacial score (nSPS) is 23.8. The molecule has 3 heteroatoms. The highest BCUT2D eigenvalue weighted by Crippen LogP contribution is 2.25. The van der Waals surface area contributed by atoms with E-state index in [-0.39, 0.29) is 0 Å². The molecule has 1 aliphatic rings. The monoisotopic (exact) mass is 252 g/mol. The van der Waals surface area contributed by atoms with E-state index in [1.165, 1.54) is 24.9 Å². The fraction of sp³-hybridized carbons (Fsp3) is 0.571. The van der Waals surface area contributed by atoms with Gasteiger partial charge in [-0.2, -0.15) is 0 Å². The Hall–Kier alpha value is -0.570. The molecule has 94 valence electrons. The first-order chi connectivity index (χ1) is 8.13. The second kappa shape index (κ2) is 5.85. The van der Waals surface area contributed by atoms with Crippen LogP contribution >= 0.6 is 11.6 Å². The lowest BCUT2D eigenvalue weighted by molar-refractivity contribution is 0.183. The van der Waals surface area contributed by atoms with Crippen LogP contribution in [0.25, 0.3) is 0 Å². The van der Waals surface area contributed by atoms with Crippen LogP contribution in [-0.4, -0.2) is 31.1 Å². The number of likely N-dealkylation sites (N-methyl/N-ethyl adjacent to an activating group) is 1. The molecule has 2 nitrogen and oxygen atoms in total. The number of nitrogens with zero attached hydrogens (tertiary/aromatic N) is 1. The summed E-state index contributed by atoms with van der Waals surface area (Å²) in [4.78, 5) is 2.41. The molecule has 0 bridgehead atoms. The predicted molar refractivity (Wildman–Crippen MR) is 73.4 cm³/mol. The van der Waals surface area contributed by atoms with Gasteiger partial charge in [0.1, 0.15) is 0 Å². The highest BCUT2D eigenvalue weighted by Gasteiger charge is 2.26. The predicted octanol–water partition coefficient (Wildman–Crippen LogP) is 2.55. The maximum Gasteiger partial charge on any atom is 0.0406 e. The summed E-state index contributed by atoms with van der Waals surface area (Å²) in [6.07, 6.45) is 3.49. The Labute approximate surface area is 109 Å². The van der Waals surface area contributed by atoms with Crippen molar-refractivity contribution in [1.82, 2.24) is 4.90 Å². The Morgan fingerprint density at radius 3 is 2.53 bits per heavy atom. The summed E-state index contributed by atoms with van der Waals surface area (Å²) < 4.78 is 0. The van der Waals surface area contributed by atoms with Gasteiger partial charge in [0, 0.05) is 24.2 Å². The first-order valence-electron chi connectivity index (χ1n) is 6.32. The van der Waals surface area contributed by atoms with Gasteiger partial charge < -0.3 is 10.6 Å². The number of nitrogens with two attached hydrogens (primary N) is 1. The molecule has 0 saturated heterocycles. The van der Waals surface area contributed by atoms with Gasteiger partial charge in [0.05, 0.1) is 0 Å². The molecule has 2 N–H and O–H groups in total. The zero-order valence-electron chi connectivity index (χ0n) is 10.4. The SMILES string of the molecule is CN(CCc1ccc(Cl)cc1)CC1CC(N)C1. The molecule has 0 heterocycles. The standard InChI is InChI=1S/C14H21ClN2/c1-17(10-12-8-14(16)9-12)7-6-11-2-4-13(15)5-3-11/h2-5,12,14H,6-10,16H2,1H3. The second-order valence-electron chi connectivity index (χ2n) is 5.24. The number of benzene rings is 1. The van der Waals surface area contributed by atoms with Crippen molar-refractivity contribution in [2.45, 2.75) is 25.3 Å². The molecule has 1 fully saturated rings. The van der Waals surface area contributed by atoms with Gasteiger partial charge in [-0.1, -0.05) is 23.7 Å². The van der Waals surface area contributed by atoms with E-state index in [0.717, 1.165) is 23.9 Å². The number of halogens is 1. The van der Waals surface area contributed by atoms with Gasteiger partial charge in [-0.25, -0.2) is 0 Å². The van der Waals surface area contributed by atoms with Crippen LogP contribution in [0.5, 0.6) is 0 Å². The molecule has 1 aliphatic carbocycles. The van der Waals surface area contributed by atoms with E-state index >= 15 is 0 Å². The number of hydrogen-bond donors (Lipinski definition) is 1. The molecule has 0 unspecified atom stereocenters. The van der Waals surface area contributed by atoms with Gasteiger partial charge in [-0.3, -0.25) is 0 Å². The fourth-order valence-corrected chi connectivity index (χ4v) is 2.57. The smallest absolute Gasteiger partial charge is 0.0406 e. The summed E-state index contributed by atoms with van der Waals surface area (Å²) in [6, 6.07) is 8.60. The minimum atomic E-state index is 0.463. The van der Waals surface area contributed by atoms with Crippen molar-refractivity contribution in [3.63, 3.8) is 0 Å². The topological polar surface area (TPSA) is 29.3 Å².